The molecule has 0 aromatic carbocycles. The number of hydrogen-bond donors (Lipinski definition) is 1. The van der Waals surface area contributed by atoms with Gasteiger partial charge in [-0.05, 0) is 0 Å². The molecule has 0 saturated heterocycles. The second-order valence-corrected chi connectivity index (χ2v) is 6.77. The third-order valence-electron chi connectivity index (χ3n) is 3.52. The van der Waals surface area contributed by atoms with Gasteiger partial charge in [0.15, 0.2) is 0 Å². The number of nitrogens with zero attached hydrogens (tertiary/aromatic N) is 1. The van der Waals surface area contributed by atoms with E-state index in [1.165, 1.54) is 25.4 Å². The van der Waals surface area contributed by atoms with Crippen LogP contribution in [0, 0.1) is 13.5 Å². The Hall–Kier alpha value is -0.832. The van der Waals surface area contributed by atoms with E-state index >= 15 is 0 Å². The van der Waals surface area contributed by atoms with E-state index in [-0.39, 0.29) is 12.2 Å². The first-order valence-electron chi connectivity index (χ1n) is 7.12. The first-order valence-corrected chi connectivity index (χ1v) is 8.58. The quantitative estimate of drug-likeness (QED) is 0.526. The van der Waals surface area contributed by atoms with Crippen LogP contribution >= 0.6 is 0 Å². The fourth-order valence-electron chi connectivity index (χ4n) is 2.35. The van der Waals surface area contributed by atoms with Crippen LogP contribution in [0.15, 0.2) is 22.6 Å². The van der Waals surface area contributed by atoms with Crippen LogP contribution in [0.25, 0.3) is 0 Å². The Morgan fingerprint density at radius 3 is 3.10 bits per heavy atom. The summed E-state index contributed by atoms with van der Waals surface area (Å²) in [4.78, 5) is 4.49. The fraction of sp³-hybridized carbons (Fsp3) is 0.500. The number of aromatic nitrogens is 1. The topological polar surface area (TPSA) is 55.5 Å². The molecule has 1 N–H and O–H groups in total. The molecule has 4 nitrogen and oxygen atoms in total. The Bertz CT molecular complexity index is 536. The molecular formula is C16H20NO3W-. The number of aliphatic hydroxyl groups is 1. The summed E-state index contributed by atoms with van der Waals surface area (Å²) < 4.78 is 12.5. The molecule has 114 valence electrons. The second kappa shape index (κ2) is 7.97. The summed E-state index contributed by atoms with van der Waals surface area (Å²) in [6, 6.07) is 0. The first kappa shape index (κ1) is 16.5. The molecule has 1 saturated carbocycles. The zero-order chi connectivity index (χ0) is 15.2. The molecule has 1 aromatic heterocycles. The standard InChI is InChI=1S/C16H20NO3.W/c1-3-4-5-9-16-17-15(12(2)20-16)11-19-14-8-6-7-13(18)10-14;/h1,3-5,13-14,18H,6-8,10-11H2,2H3;/q-1;/b5-4-;/t13-,14+;/m1./s1. The van der Waals surface area contributed by atoms with E-state index < -0.39 is 0 Å². The Kier molecular flexibility index (Phi) is 6.28. The van der Waals surface area contributed by atoms with E-state index in [0.717, 1.165) is 34.6 Å². The van der Waals surface area contributed by atoms with Crippen molar-refractivity contribution in [3.63, 3.8) is 0 Å². The molecule has 0 unspecified atom stereocenters. The van der Waals surface area contributed by atoms with Gasteiger partial charge in [-0.25, -0.2) is 0 Å². The van der Waals surface area contributed by atoms with Gasteiger partial charge in [0.1, 0.15) is 0 Å². The zero-order valence-electron chi connectivity index (χ0n) is 12.1. The second-order valence-electron chi connectivity index (χ2n) is 5.19. The Morgan fingerprint density at radius 2 is 2.38 bits per heavy atom. The number of rotatable bonds is 6. The molecule has 0 spiro atoms. The molecule has 1 aliphatic rings. The number of oxazole rings is 1. The van der Waals surface area contributed by atoms with Crippen molar-refractivity contribution in [2.24, 2.45) is 0 Å². The maximum atomic E-state index is 9.66. The molecule has 1 heterocycles. The summed E-state index contributed by atoms with van der Waals surface area (Å²) >= 11 is 1.27. The minimum absolute atomic E-state index is 0.121. The number of allylic oxidation sites excluding steroid dienone is 3. The van der Waals surface area contributed by atoms with Crippen molar-refractivity contribution in [1.82, 2.24) is 4.98 Å². The van der Waals surface area contributed by atoms with Gasteiger partial charge in [0.2, 0.25) is 0 Å². The van der Waals surface area contributed by atoms with Crippen molar-refractivity contribution >= 4 is 3.90 Å². The average Bonchev–Trinajstić information content (AvgIpc) is 2.84. The van der Waals surface area contributed by atoms with Gasteiger partial charge in [0, 0.05) is 0 Å². The molecular weight excluding hydrogens is 438 g/mol. The number of aryl methyl sites for hydroxylation is 1. The normalized spacial score (nSPS) is 22.6. The molecule has 1 fully saturated rings. The number of ether oxygens (including phenoxy) is 1. The zero-order valence-corrected chi connectivity index (χ0v) is 15.1. The van der Waals surface area contributed by atoms with Crippen LogP contribution in [0.1, 0.15) is 43.0 Å². The molecule has 0 bridgehead atoms. The van der Waals surface area contributed by atoms with Crippen molar-refractivity contribution in [3.05, 3.63) is 42.2 Å². The molecule has 1 aliphatic carbocycles. The van der Waals surface area contributed by atoms with E-state index in [1.54, 1.807) is 6.08 Å². The van der Waals surface area contributed by atoms with Gasteiger partial charge >= 0.3 is 136 Å². The number of hydrogen-bond acceptors (Lipinski definition) is 4. The van der Waals surface area contributed by atoms with Gasteiger partial charge < -0.3 is 0 Å². The molecule has 21 heavy (non-hydrogen) atoms. The monoisotopic (exact) mass is 458 g/mol. The van der Waals surface area contributed by atoms with Crippen LogP contribution in [-0.4, -0.2) is 26.2 Å². The maximum absolute atomic E-state index is 9.66. The SMILES string of the molecule is [CH-]=C/C=C\[C](=[W])c1nc(CO[C@H]2CCC[C@@H](O)C2)c(C)o1. The Balaban J connectivity index is 1.94. The van der Waals surface area contributed by atoms with Crippen LogP contribution in [0.3, 0.4) is 0 Å². The van der Waals surface area contributed by atoms with Gasteiger partial charge in [-0.2, -0.15) is 0 Å². The molecule has 0 amide bonds. The summed E-state index contributed by atoms with van der Waals surface area (Å²) in [5.41, 5.74) is 0.828. The first-order chi connectivity index (χ1) is 10.1. The molecule has 1 aromatic rings. The van der Waals surface area contributed by atoms with Gasteiger partial charge in [-0.3, -0.25) is 0 Å². The third-order valence-corrected chi connectivity index (χ3v) is 4.63. The van der Waals surface area contributed by atoms with E-state index in [2.05, 4.69) is 4.98 Å². The van der Waals surface area contributed by atoms with E-state index in [4.69, 9.17) is 15.7 Å². The molecule has 2 atom stereocenters. The van der Waals surface area contributed by atoms with Crippen LogP contribution in [0.5, 0.6) is 0 Å². The fourth-order valence-corrected chi connectivity index (χ4v) is 2.95. The molecule has 0 aliphatic heterocycles. The van der Waals surface area contributed by atoms with E-state index in [0.29, 0.717) is 18.9 Å². The average molecular weight is 458 g/mol. The van der Waals surface area contributed by atoms with Gasteiger partial charge in [-0.15, -0.1) is 0 Å². The van der Waals surface area contributed by atoms with E-state index in [1.807, 2.05) is 13.0 Å². The minimum atomic E-state index is -0.227. The molecule has 5 heteroatoms. The summed E-state index contributed by atoms with van der Waals surface area (Å²) in [6.07, 6.45) is 8.66. The predicted octanol–water partition coefficient (Wildman–Crippen LogP) is 2.42. The Labute approximate surface area is 136 Å². The molecule has 0 radical (unpaired) electrons. The summed E-state index contributed by atoms with van der Waals surface area (Å²) in [5, 5.41) is 9.66. The Morgan fingerprint density at radius 1 is 1.57 bits per heavy atom. The molecule has 2 rings (SSSR count). The summed E-state index contributed by atoms with van der Waals surface area (Å²) in [6.45, 7) is 7.65. The van der Waals surface area contributed by atoms with Gasteiger partial charge in [0.05, 0.1) is 0 Å². The van der Waals surface area contributed by atoms with Crippen LogP contribution in [0.4, 0.5) is 0 Å². The van der Waals surface area contributed by atoms with Crippen LogP contribution < -0.4 is 0 Å². The van der Waals surface area contributed by atoms with E-state index in [9.17, 15) is 5.11 Å². The van der Waals surface area contributed by atoms with Crippen molar-refractivity contribution in [2.75, 3.05) is 0 Å². The summed E-state index contributed by atoms with van der Waals surface area (Å²) in [5.74, 6) is 1.41. The number of aliphatic hydroxyl groups excluding tert-OH is 1. The van der Waals surface area contributed by atoms with Crippen LogP contribution in [0.2, 0.25) is 0 Å². The van der Waals surface area contributed by atoms with Crippen molar-refractivity contribution in [1.29, 1.82) is 0 Å². The van der Waals surface area contributed by atoms with Gasteiger partial charge in [0.25, 0.3) is 0 Å². The predicted molar refractivity (Wildman–Crippen MR) is 76.4 cm³/mol. The van der Waals surface area contributed by atoms with Crippen molar-refractivity contribution < 1.29 is 33.6 Å². The van der Waals surface area contributed by atoms with Crippen molar-refractivity contribution in [2.45, 2.75) is 51.4 Å². The summed E-state index contributed by atoms with van der Waals surface area (Å²) in [7, 11) is 0. The third kappa shape index (κ3) is 4.84. The van der Waals surface area contributed by atoms with Gasteiger partial charge in [-0.1, -0.05) is 0 Å². The van der Waals surface area contributed by atoms with Crippen molar-refractivity contribution in [3.8, 4) is 0 Å². The van der Waals surface area contributed by atoms with Crippen LogP contribution in [-0.2, 0) is 30.7 Å².